The van der Waals surface area contributed by atoms with E-state index in [9.17, 15) is 9.18 Å². The maximum atomic E-state index is 13.3. The van der Waals surface area contributed by atoms with E-state index in [0.29, 0.717) is 5.75 Å². The molecule has 2 aromatic carbocycles. The standard InChI is InChI=1S/C16H15FO3/c1-19-13-6-3-11(4-7-13)9-15(18)14-10-12(17)5-8-16(14)20-2/h3-8,10H,9H2,1-2H3. The van der Waals surface area contributed by atoms with Crippen LogP contribution < -0.4 is 9.47 Å². The molecule has 3 nitrogen and oxygen atoms in total. The van der Waals surface area contributed by atoms with Gasteiger partial charge in [-0.3, -0.25) is 4.79 Å². The van der Waals surface area contributed by atoms with Crippen molar-refractivity contribution in [1.29, 1.82) is 0 Å². The van der Waals surface area contributed by atoms with Gasteiger partial charge in [0.1, 0.15) is 17.3 Å². The number of carbonyl (C=O) groups is 1. The molecule has 104 valence electrons. The third-order valence-electron chi connectivity index (χ3n) is 2.99. The van der Waals surface area contributed by atoms with E-state index in [1.54, 1.807) is 19.2 Å². The van der Waals surface area contributed by atoms with Gasteiger partial charge in [0.2, 0.25) is 0 Å². The molecule has 2 rings (SSSR count). The molecule has 4 heteroatoms. The molecule has 0 saturated carbocycles. The SMILES string of the molecule is COc1ccc(CC(=O)c2cc(F)ccc2OC)cc1. The molecular weight excluding hydrogens is 259 g/mol. The Balaban J connectivity index is 2.20. The summed E-state index contributed by atoms with van der Waals surface area (Å²) in [6.07, 6.45) is 0.184. The first-order valence-corrected chi connectivity index (χ1v) is 6.13. The Morgan fingerprint density at radius 3 is 2.35 bits per heavy atom. The molecule has 0 aromatic heterocycles. The maximum absolute atomic E-state index is 13.3. The highest BCUT2D eigenvalue weighted by Gasteiger charge is 2.14. The van der Waals surface area contributed by atoms with Crippen molar-refractivity contribution in [3.05, 3.63) is 59.4 Å². The van der Waals surface area contributed by atoms with Gasteiger partial charge in [0.05, 0.1) is 19.8 Å². The molecule has 0 radical (unpaired) electrons. The Morgan fingerprint density at radius 2 is 1.75 bits per heavy atom. The molecule has 0 heterocycles. The van der Waals surface area contributed by atoms with E-state index >= 15 is 0 Å². The summed E-state index contributed by atoms with van der Waals surface area (Å²) < 4.78 is 23.4. The van der Waals surface area contributed by atoms with Crippen molar-refractivity contribution < 1.29 is 18.7 Å². The number of ether oxygens (including phenoxy) is 2. The van der Waals surface area contributed by atoms with E-state index < -0.39 is 5.82 Å². The number of hydrogen-bond donors (Lipinski definition) is 0. The molecule has 0 fully saturated rings. The minimum Gasteiger partial charge on any atom is -0.497 e. The summed E-state index contributed by atoms with van der Waals surface area (Å²) in [7, 11) is 3.04. The Labute approximate surface area is 117 Å². The number of methoxy groups -OCH3 is 2. The number of rotatable bonds is 5. The summed E-state index contributed by atoms with van der Waals surface area (Å²) in [4.78, 5) is 12.2. The first kappa shape index (κ1) is 14.1. The van der Waals surface area contributed by atoms with Gasteiger partial charge < -0.3 is 9.47 Å². The zero-order valence-corrected chi connectivity index (χ0v) is 11.4. The Hall–Kier alpha value is -2.36. The van der Waals surface area contributed by atoms with Crippen molar-refractivity contribution in [2.24, 2.45) is 0 Å². The van der Waals surface area contributed by atoms with Crippen LogP contribution in [-0.2, 0) is 6.42 Å². The number of hydrogen-bond acceptors (Lipinski definition) is 3. The minimum absolute atomic E-state index is 0.184. The van der Waals surface area contributed by atoms with Crippen LogP contribution in [0.3, 0.4) is 0 Å². The van der Waals surface area contributed by atoms with Crippen LogP contribution in [-0.4, -0.2) is 20.0 Å². The van der Waals surface area contributed by atoms with Crippen molar-refractivity contribution in [3.8, 4) is 11.5 Å². The number of Topliss-reactive ketones (excluding diaryl/α,β-unsaturated/α-hetero) is 1. The Bertz CT molecular complexity index is 606. The third-order valence-corrected chi connectivity index (χ3v) is 2.99. The first-order valence-electron chi connectivity index (χ1n) is 6.13. The van der Waals surface area contributed by atoms with Crippen molar-refractivity contribution >= 4 is 5.78 Å². The van der Waals surface area contributed by atoms with Crippen LogP contribution in [0.1, 0.15) is 15.9 Å². The highest BCUT2D eigenvalue weighted by molar-refractivity contribution is 6.00. The summed E-state index contributed by atoms with van der Waals surface area (Å²) in [5.41, 5.74) is 1.09. The smallest absolute Gasteiger partial charge is 0.171 e. The molecule has 0 atom stereocenters. The molecule has 0 aliphatic carbocycles. The normalized spacial score (nSPS) is 10.2. The molecule has 0 spiro atoms. The second kappa shape index (κ2) is 6.19. The molecule has 20 heavy (non-hydrogen) atoms. The summed E-state index contributed by atoms with van der Waals surface area (Å²) in [5.74, 6) is 0.463. The van der Waals surface area contributed by atoms with Crippen molar-refractivity contribution in [2.45, 2.75) is 6.42 Å². The average Bonchev–Trinajstić information content (AvgIpc) is 2.48. The largest absolute Gasteiger partial charge is 0.497 e. The first-order chi connectivity index (χ1) is 9.63. The summed E-state index contributed by atoms with van der Waals surface area (Å²) in [6, 6.07) is 11.1. The van der Waals surface area contributed by atoms with Crippen LogP contribution in [0.4, 0.5) is 4.39 Å². The van der Waals surface area contributed by atoms with Gasteiger partial charge in [-0.05, 0) is 35.9 Å². The summed E-state index contributed by atoms with van der Waals surface area (Å²) >= 11 is 0. The fraction of sp³-hybridized carbons (Fsp3) is 0.188. The molecule has 0 amide bonds. The lowest BCUT2D eigenvalue weighted by atomic mass is 10.0. The zero-order valence-electron chi connectivity index (χ0n) is 11.4. The summed E-state index contributed by atoms with van der Waals surface area (Å²) in [6.45, 7) is 0. The van der Waals surface area contributed by atoms with Crippen LogP contribution in [0.5, 0.6) is 11.5 Å². The van der Waals surface area contributed by atoms with Crippen LogP contribution in [0.2, 0.25) is 0 Å². The lowest BCUT2D eigenvalue weighted by molar-refractivity contribution is 0.0989. The molecule has 2 aromatic rings. The lowest BCUT2D eigenvalue weighted by Gasteiger charge is -2.08. The topological polar surface area (TPSA) is 35.5 Å². The molecule has 0 unspecified atom stereocenters. The highest BCUT2D eigenvalue weighted by Crippen LogP contribution is 2.22. The maximum Gasteiger partial charge on any atom is 0.171 e. The molecule has 0 aliphatic rings. The van der Waals surface area contributed by atoms with Gasteiger partial charge in [0, 0.05) is 6.42 Å². The van der Waals surface area contributed by atoms with Crippen molar-refractivity contribution in [1.82, 2.24) is 0 Å². The molecule has 0 saturated heterocycles. The van der Waals surface area contributed by atoms with Gasteiger partial charge in [-0.1, -0.05) is 12.1 Å². The number of ketones is 1. The third kappa shape index (κ3) is 3.15. The number of benzene rings is 2. The van der Waals surface area contributed by atoms with E-state index in [0.717, 1.165) is 11.3 Å². The predicted octanol–water partition coefficient (Wildman–Crippen LogP) is 3.27. The quantitative estimate of drug-likeness (QED) is 0.785. The van der Waals surface area contributed by atoms with Gasteiger partial charge in [-0.15, -0.1) is 0 Å². The summed E-state index contributed by atoms with van der Waals surface area (Å²) in [5, 5.41) is 0. The van der Waals surface area contributed by atoms with E-state index in [-0.39, 0.29) is 17.8 Å². The van der Waals surface area contributed by atoms with E-state index in [2.05, 4.69) is 0 Å². The second-order valence-electron chi connectivity index (χ2n) is 4.29. The Morgan fingerprint density at radius 1 is 1.05 bits per heavy atom. The molecule has 0 aliphatic heterocycles. The van der Waals surface area contributed by atoms with E-state index in [4.69, 9.17) is 9.47 Å². The molecule has 0 N–H and O–H groups in total. The fourth-order valence-electron chi connectivity index (χ4n) is 1.92. The van der Waals surface area contributed by atoms with Crippen LogP contribution in [0.15, 0.2) is 42.5 Å². The van der Waals surface area contributed by atoms with Crippen LogP contribution in [0, 0.1) is 5.82 Å². The zero-order chi connectivity index (χ0) is 14.5. The van der Waals surface area contributed by atoms with Crippen LogP contribution >= 0.6 is 0 Å². The van der Waals surface area contributed by atoms with Gasteiger partial charge in [0.25, 0.3) is 0 Å². The molecular formula is C16H15FO3. The fourth-order valence-corrected chi connectivity index (χ4v) is 1.92. The lowest BCUT2D eigenvalue weighted by Crippen LogP contribution is -2.06. The number of carbonyl (C=O) groups excluding carboxylic acids is 1. The van der Waals surface area contributed by atoms with Crippen molar-refractivity contribution in [2.75, 3.05) is 14.2 Å². The van der Waals surface area contributed by atoms with Gasteiger partial charge >= 0.3 is 0 Å². The second-order valence-corrected chi connectivity index (χ2v) is 4.29. The Kier molecular flexibility index (Phi) is 4.35. The highest BCUT2D eigenvalue weighted by atomic mass is 19.1. The number of halogens is 1. The monoisotopic (exact) mass is 274 g/mol. The van der Waals surface area contributed by atoms with Gasteiger partial charge in [0.15, 0.2) is 5.78 Å². The van der Waals surface area contributed by atoms with Crippen LogP contribution in [0.25, 0.3) is 0 Å². The van der Waals surface area contributed by atoms with E-state index in [1.165, 1.54) is 25.3 Å². The predicted molar refractivity (Wildman–Crippen MR) is 74.0 cm³/mol. The minimum atomic E-state index is -0.455. The van der Waals surface area contributed by atoms with Gasteiger partial charge in [-0.25, -0.2) is 4.39 Å². The average molecular weight is 274 g/mol. The molecule has 0 bridgehead atoms. The van der Waals surface area contributed by atoms with E-state index in [1.807, 2.05) is 12.1 Å². The van der Waals surface area contributed by atoms with Gasteiger partial charge in [-0.2, -0.15) is 0 Å². The van der Waals surface area contributed by atoms with Crippen molar-refractivity contribution in [3.63, 3.8) is 0 Å².